The number of carbonyl (C=O) groups is 1. The van der Waals surface area contributed by atoms with Gasteiger partial charge >= 0.3 is 6.18 Å². The molecule has 2 fully saturated rings. The number of nitrogens with two attached hydrogens (primary N) is 1. The first-order valence-electron chi connectivity index (χ1n) is 15.5. The van der Waals surface area contributed by atoms with E-state index in [4.69, 9.17) is 10.5 Å². The average molecular weight is 675 g/mol. The Morgan fingerprint density at radius 1 is 1.19 bits per heavy atom. The zero-order chi connectivity index (χ0) is 33.5. The molecule has 1 amide bonds. The highest BCUT2D eigenvalue weighted by molar-refractivity contribution is 7.13. The molecule has 13 nitrogen and oxygen atoms in total. The van der Waals surface area contributed by atoms with Gasteiger partial charge in [-0.05, 0) is 71.7 Å². The second kappa shape index (κ2) is 13.1. The predicted molar refractivity (Wildman–Crippen MR) is 171 cm³/mol. The van der Waals surface area contributed by atoms with Gasteiger partial charge in [-0.1, -0.05) is 0 Å². The summed E-state index contributed by atoms with van der Waals surface area (Å²) in [5, 5.41) is 12.2. The van der Waals surface area contributed by atoms with Gasteiger partial charge in [0.05, 0.1) is 16.4 Å². The monoisotopic (exact) mass is 674 g/mol. The van der Waals surface area contributed by atoms with Crippen molar-refractivity contribution >= 4 is 34.3 Å². The van der Waals surface area contributed by atoms with E-state index in [9.17, 15) is 22.8 Å². The van der Waals surface area contributed by atoms with Gasteiger partial charge < -0.3 is 25.6 Å². The maximum atomic E-state index is 13.6. The molecule has 4 aromatic heterocycles. The molecule has 1 saturated heterocycles. The summed E-state index contributed by atoms with van der Waals surface area (Å²) < 4.78 is 47.5. The standard InChI is InChI=1S/C30H37F3N10O3S/c1-17-37-29(46-20-8-6-19(7-9-20)40(2)3)26(47-17)28(45)38-18-5-4-12-41(14-18)23-13-22(43-25(23)27(34)35-16-36-43)21-10-11-24(44)42(39-21)15-30(31,32)33/h10-11,13,16,18-20H,4-9,12,14-15H2,1-3H3,(H,38,45)(H2,34,35,36)/t18-,19?,20?/m1/s1. The number of hydrogen-bond donors (Lipinski definition) is 2. The molecule has 47 heavy (non-hydrogen) atoms. The number of hydrogen-bond acceptors (Lipinski definition) is 11. The quantitative estimate of drug-likeness (QED) is 0.285. The Hall–Kier alpha value is -4.25. The van der Waals surface area contributed by atoms with Crippen LogP contribution in [-0.2, 0) is 6.54 Å². The number of nitrogens with zero attached hydrogens (tertiary/aromatic N) is 8. The fourth-order valence-electron chi connectivity index (χ4n) is 6.37. The van der Waals surface area contributed by atoms with Crippen molar-refractivity contribution in [1.82, 2.24) is 39.6 Å². The van der Waals surface area contributed by atoms with Crippen molar-refractivity contribution in [3.8, 4) is 17.3 Å². The van der Waals surface area contributed by atoms with Crippen LogP contribution in [0.15, 0.2) is 29.3 Å². The topological polar surface area (TPSA) is 149 Å². The van der Waals surface area contributed by atoms with E-state index in [1.807, 2.05) is 11.8 Å². The van der Waals surface area contributed by atoms with Gasteiger partial charge in [0.2, 0.25) is 5.88 Å². The lowest BCUT2D eigenvalue weighted by Gasteiger charge is -2.34. The molecule has 2 aliphatic rings. The third-order valence-electron chi connectivity index (χ3n) is 8.68. The molecule has 4 aromatic rings. The third-order valence-corrected chi connectivity index (χ3v) is 9.63. The molecule has 1 aliphatic carbocycles. The first kappa shape index (κ1) is 32.7. The number of alkyl halides is 3. The number of nitrogens with one attached hydrogen (secondary N) is 1. The number of amides is 1. The number of anilines is 2. The molecule has 17 heteroatoms. The van der Waals surface area contributed by atoms with E-state index in [1.54, 1.807) is 6.07 Å². The summed E-state index contributed by atoms with van der Waals surface area (Å²) in [4.78, 5) is 39.1. The van der Waals surface area contributed by atoms with Crippen molar-refractivity contribution in [2.24, 2.45) is 0 Å². The number of aromatic nitrogens is 6. The lowest BCUT2D eigenvalue weighted by molar-refractivity contribution is -0.143. The summed E-state index contributed by atoms with van der Waals surface area (Å²) in [5.74, 6) is 0.289. The van der Waals surface area contributed by atoms with Crippen molar-refractivity contribution in [3.63, 3.8) is 0 Å². The minimum absolute atomic E-state index is 0.0108. The molecule has 5 heterocycles. The van der Waals surface area contributed by atoms with Crippen molar-refractivity contribution in [2.75, 3.05) is 37.8 Å². The van der Waals surface area contributed by atoms with Gasteiger partial charge in [0.15, 0.2) is 10.7 Å². The zero-order valence-corrected chi connectivity index (χ0v) is 27.1. The molecule has 1 aliphatic heterocycles. The van der Waals surface area contributed by atoms with Gasteiger partial charge in [-0.3, -0.25) is 9.59 Å². The van der Waals surface area contributed by atoms with Gasteiger partial charge in [-0.25, -0.2) is 19.2 Å². The summed E-state index contributed by atoms with van der Waals surface area (Å²) in [6, 6.07) is 4.42. The van der Waals surface area contributed by atoms with Crippen LogP contribution in [0.2, 0.25) is 0 Å². The normalized spacial score (nSPS) is 20.6. The fourth-order valence-corrected chi connectivity index (χ4v) is 7.13. The molecule has 1 saturated carbocycles. The highest BCUT2D eigenvalue weighted by Gasteiger charge is 2.32. The molecular formula is C30H37F3N10O3S. The van der Waals surface area contributed by atoms with Gasteiger partial charge in [-0.15, -0.1) is 11.3 Å². The number of rotatable bonds is 8. The van der Waals surface area contributed by atoms with Crippen LogP contribution >= 0.6 is 11.3 Å². The highest BCUT2D eigenvalue weighted by atomic mass is 32.1. The first-order chi connectivity index (χ1) is 22.4. The summed E-state index contributed by atoms with van der Waals surface area (Å²) in [6.45, 7) is 1.39. The zero-order valence-electron chi connectivity index (χ0n) is 26.3. The molecule has 1 atom stereocenters. The molecule has 0 radical (unpaired) electrons. The lowest BCUT2D eigenvalue weighted by Crippen LogP contribution is -2.47. The van der Waals surface area contributed by atoms with E-state index < -0.39 is 18.3 Å². The Balaban J connectivity index is 1.21. The predicted octanol–water partition coefficient (Wildman–Crippen LogP) is 3.51. The highest BCUT2D eigenvalue weighted by Crippen LogP contribution is 2.35. The van der Waals surface area contributed by atoms with Gasteiger partial charge in [-0.2, -0.15) is 23.4 Å². The largest absolute Gasteiger partial charge is 0.473 e. The third kappa shape index (κ3) is 7.20. The molecular weight excluding hydrogens is 637 g/mol. The number of fused-ring (bicyclic) bond motifs is 1. The number of piperidine rings is 1. The fraction of sp³-hybridized carbons (Fsp3) is 0.533. The van der Waals surface area contributed by atoms with Gasteiger partial charge in [0.1, 0.15) is 30.2 Å². The number of carbonyl (C=O) groups excluding carboxylic acids is 1. The summed E-state index contributed by atoms with van der Waals surface area (Å²) in [5.41, 5.74) is 6.94. The molecule has 252 valence electrons. The number of halogens is 3. The van der Waals surface area contributed by atoms with E-state index in [0.29, 0.717) is 51.5 Å². The summed E-state index contributed by atoms with van der Waals surface area (Å²) in [6.07, 6.45) is 1.97. The van der Waals surface area contributed by atoms with Crippen molar-refractivity contribution < 1.29 is 22.7 Å². The van der Waals surface area contributed by atoms with Crippen molar-refractivity contribution in [2.45, 2.75) is 76.4 Å². The van der Waals surface area contributed by atoms with E-state index in [0.717, 1.165) is 49.6 Å². The number of thiazole rings is 1. The molecule has 0 spiro atoms. The van der Waals surface area contributed by atoms with Gasteiger partial charge in [0, 0.05) is 31.2 Å². The number of aryl methyl sites for hydroxylation is 1. The first-order valence-corrected chi connectivity index (χ1v) is 16.3. The maximum Gasteiger partial charge on any atom is 0.408 e. The van der Waals surface area contributed by atoms with Crippen LogP contribution in [0.25, 0.3) is 16.9 Å². The van der Waals surface area contributed by atoms with E-state index in [-0.39, 0.29) is 29.6 Å². The molecule has 3 N–H and O–H groups in total. The van der Waals surface area contributed by atoms with Gasteiger partial charge in [0.25, 0.3) is 11.5 Å². The Morgan fingerprint density at radius 3 is 2.68 bits per heavy atom. The van der Waals surface area contributed by atoms with Crippen LogP contribution in [0.1, 0.15) is 53.2 Å². The molecule has 6 rings (SSSR count). The second-order valence-electron chi connectivity index (χ2n) is 12.3. The lowest BCUT2D eigenvalue weighted by atomic mass is 9.92. The van der Waals surface area contributed by atoms with Crippen molar-refractivity contribution in [1.29, 1.82) is 0 Å². The summed E-state index contributed by atoms with van der Waals surface area (Å²) in [7, 11) is 4.18. The van der Waals surface area contributed by atoms with Crippen LogP contribution in [0.5, 0.6) is 5.88 Å². The van der Waals surface area contributed by atoms with E-state index in [2.05, 4.69) is 44.5 Å². The van der Waals surface area contributed by atoms with Crippen LogP contribution in [0, 0.1) is 6.92 Å². The Morgan fingerprint density at radius 2 is 1.96 bits per heavy atom. The Labute approximate surface area is 272 Å². The smallest absolute Gasteiger partial charge is 0.408 e. The SMILES string of the molecule is Cc1nc(OC2CCC(N(C)C)CC2)c(C(=O)N[C@@H]2CCCN(c3cc(-c4ccc(=O)n(CC(F)(F)F)n4)n4ncnc(N)c34)C2)s1. The Bertz CT molecular complexity index is 1810. The van der Waals surface area contributed by atoms with E-state index >= 15 is 0 Å². The second-order valence-corrected chi connectivity index (χ2v) is 13.5. The van der Waals surface area contributed by atoms with E-state index in [1.165, 1.54) is 28.2 Å². The molecule has 0 bridgehead atoms. The average Bonchev–Trinajstić information content (AvgIpc) is 3.59. The van der Waals surface area contributed by atoms with Crippen LogP contribution in [0.3, 0.4) is 0 Å². The maximum absolute atomic E-state index is 13.6. The Kier molecular flexibility index (Phi) is 9.11. The minimum atomic E-state index is -4.63. The van der Waals surface area contributed by atoms with Crippen LogP contribution < -0.4 is 26.2 Å². The van der Waals surface area contributed by atoms with Crippen LogP contribution in [0.4, 0.5) is 24.7 Å². The number of nitrogen functional groups attached to an aromatic ring is 1. The van der Waals surface area contributed by atoms with Crippen LogP contribution in [-0.4, -0.2) is 91.7 Å². The minimum Gasteiger partial charge on any atom is -0.473 e. The number of ether oxygens (including phenoxy) is 1. The summed E-state index contributed by atoms with van der Waals surface area (Å²) >= 11 is 1.30. The van der Waals surface area contributed by atoms with Crippen molar-refractivity contribution in [3.05, 3.63) is 44.8 Å². The molecule has 0 aromatic carbocycles. The molecule has 0 unspecified atom stereocenters.